The Morgan fingerprint density at radius 2 is 2.00 bits per heavy atom. The van der Waals surface area contributed by atoms with Gasteiger partial charge in [0.25, 0.3) is 0 Å². The molecule has 1 aliphatic heterocycles. The summed E-state index contributed by atoms with van der Waals surface area (Å²) in [5.41, 5.74) is 6.78. The van der Waals surface area contributed by atoms with Crippen LogP contribution in [0, 0.1) is 0 Å². The van der Waals surface area contributed by atoms with Crippen molar-refractivity contribution in [1.82, 2.24) is 4.31 Å². The van der Waals surface area contributed by atoms with E-state index in [9.17, 15) is 8.42 Å². The maximum absolute atomic E-state index is 12.0. The van der Waals surface area contributed by atoms with Crippen LogP contribution in [0.2, 0.25) is 0 Å². The Hall–Kier alpha value is -0.910. The maximum atomic E-state index is 12.0. The zero-order valence-electron chi connectivity index (χ0n) is 9.75. The van der Waals surface area contributed by atoms with Gasteiger partial charge < -0.3 is 5.73 Å². The van der Waals surface area contributed by atoms with Crippen molar-refractivity contribution in [3.05, 3.63) is 35.9 Å². The summed E-state index contributed by atoms with van der Waals surface area (Å²) in [6.45, 7) is 1.04. The topological polar surface area (TPSA) is 63.4 Å². The average molecular weight is 254 g/mol. The number of aryl methyl sites for hydroxylation is 1. The summed E-state index contributed by atoms with van der Waals surface area (Å²) in [7, 11) is -3.14. The Morgan fingerprint density at radius 3 is 2.59 bits per heavy atom. The molecule has 1 aromatic carbocycles. The summed E-state index contributed by atoms with van der Waals surface area (Å²) in [6, 6.07) is 9.68. The smallest absolute Gasteiger partial charge is 0.214 e. The highest BCUT2D eigenvalue weighted by Crippen LogP contribution is 2.14. The van der Waals surface area contributed by atoms with Gasteiger partial charge >= 0.3 is 0 Å². The summed E-state index contributed by atoms with van der Waals surface area (Å²) in [6.07, 6.45) is 1.33. The van der Waals surface area contributed by atoms with Crippen LogP contribution in [0.25, 0.3) is 0 Å². The lowest BCUT2D eigenvalue weighted by atomic mass is 10.2. The summed E-state index contributed by atoms with van der Waals surface area (Å²) >= 11 is 0. The lowest BCUT2D eigenvalue weighted by Crippen LogP contribution is -2.34. The molecule has 2 rings (SSSR count). The van der Waals surface area contributed by atoms with E-state index in [1.807, 2.05) is 30.3 Å². The fourth-order valence-electron chi connectivity index (χ4n) is 2.03. The molecule has 94 valence electrons. The van der Waals surface area contributed by atoms with Gasteiger partial charge in [-0.1, -0.05) is 30.3 Å². The lowest BCUT2D eigenvalue weighted by Gasteiger charge is -2.15. The van der Waals surface area contributed by atoms with Crippen molar-refractivity contribution in [2.24, 2.45) is 5.73 Å². The Kier molecular flexibility index (Phi) is 3.81. The first-order valence-corrected chi connectivity index (χ1v) is 7.46. The Morgan fingerprint density at radius 1 is 1.29 bits per heavy atom. The van der Waals surface area contributed by atoms with Crippen molar-refractivity contribution in [3.63, 3.8) is 0 Å². The van der Waals surface area contributed by atoms with Gasteiger partial charge in [-0.3, -0.25) is 0 Å². The molecule has 0 unspecified atom stereocenters. The van der Waals surface area contributed by atoms with Crippen LogP contribution in [0.1, 0.15) is 12.0 Å². The molecule has 0 aliphatic carbocycles. The monoisotopic (exact) mass is 254 g/mol. The van der Waals surface area contributed by atoms with Crippen molar-refractivity contribution in [2.45, 2.75) is 18.9 Å². The van der Waals surface area contributed by atoms with E-state index < -0.39 is 10.0 Å². The van der Waals surface area contributed by atoms with E-state index in [1.165, 1.54) is 4.31 Å². The highest BCUT2D eigenvalue weighted by molar-refractivity contribution is 7.89. The van der Waals surface area contributed by atoms with Gasteiger partial charge in [-0.05, 0) is 18.4 Å². The van der Waals surface area contributed by atoms with E-state index in [-0.39, 0.29) is 11.8 Å². The minimum atomic E-state index is -3.14. The molecular formula is C12H18N2O2S. The SMILES string of the molecule is N[C@H]1CCN(S(=O)(=O)CCc2ccccc2)C1. The Bertz CT molecular complexity index is 459. The molecule has 1 atom stereocenters. The van der Waals surface area contributed by atoms with Crippen LogP contribution in [-0.4, -0.2) is 37.6 Å². The van der Waals surface area contributed by atoms with Gasteiger partial charge in [0.2, 0.25) is 10.0 Å². The molecule has 2 N–H and O–H groups in total. The standard InChI is InChI=1S/C12H18N2O2S/c13-12-6-8-14(10-12)17(15,16)9-7-11-4-2-1-3-5-11/h1-5,12H,6-10,13H2/t12-/m0/s1. The molecule has 0 radical (unpaired) electrons. The third-order valence-electron chi connectivity index (χ3n) is 3.07. The van der Waals surface area contributed by atoms with E-state index in [4.69, 9.17) is 5.73 Å². The molecule has 1 aromatic rings. The largest absolute Gasteiger partial charge is 0.326 e. The van der Waals surface area contributed by atoms with Crippen LogP contribution < -0.4 is 5.73 Å². The van der Waals surface area contributed by atoms with Gasteiger partial charge in [0.15, 0.2) is 0 Å². The van der Waals surface area contributed by atoms with Crippen LogP contribution in [-0.2, 0) is 16.4 Å². The van der Waals surface area contributed by atoms with Crippen LogP contribution in [0.5, 0.6) is 0 Å². The second-order valence-corrected chi connectivity index (χ2v) is 6.55. The average Bonchev–Trinajstić information content (AvgIpc) is 2.76. The molecule has 1 aliphatic rings. The van der Waals surface area contributed by atoms with Crippen LogP contribution in [0.3, 0.4) is 0 Å². The van der Waals surface area contributed by atoms with E-state index in [0.717, 1.165) is 12.0 Å². The summed E-state index contributed by atoms with van der Waals surface area (Å²) in [5, 5.41) is 0. The number of nitrogens with two attached hydrogens (primary N) is 1. The number of sulfonamides is 1. The van der Waals surface area contributed by atoms with Crippen LogP contribution in [0.4, 0.5) is 0 Å². The number of hydrogen-bond donors (Lipinski definition) is 1. The summed E-state index contributed by atoms with van der Waals surface area (Å²) in [5.74, 6) is 0.170. The van der Waals surface area contributed by atoms with Crippen LogP contribution in [0.15, 0.2) is 30.3 Å². The highest BCUT2D eigenvalue weighted by atomic mass is 32.2. The molecule has 5 heteroatoms. The molecule has 0 bridgehead atoms. The predicted molar refractivity (Wildman–Crippen MR) is 68.1 cm³/mol. The fraction of sp³-hybridized carbons (Fsp3) is 0.500. The van der Waals surface area contributed by atoms with Gasteiger partial charge in [-0.2, -0.15) is 0 Å². The van der Waals surface area contributed by atoms with E-state index in [2.05, 4.69) is 0 Å². The number of hydrogen-bond acceptors (Lipinski definition) is 3. The second-order valence-electron chi connectivity index (χ2n) is 4.46. The summed E-state index contributed by atoms with van der Waals surface area (Å²) < 4.78 is 25.6. The van der Waals surface area contributed by atoms with Gasteiger partial charge in [-0.15, -0.1) is 0 Å². The van der Waals surface area contributed by atoms with Crippen molar-refractivity contribution in [1.29, 1.82) is 0 Å². The molecule has 0 spiro atoms. The van der Waals surface area contributed by atoms with Gasteiger partial charge in [0, 0.05) is 19.1 Å². The first-order chi connectivity index (χ1) is 8.08. The molecule has 1 fully saturated rings. The molecule has 0 amide bonds. The Balaban J connectivity index is 1.94. The summed E-state index contributed by atoms with van der Waals surface area (Å²) in [4.78, 5) is 0. The first kappa shape index (κ1) is 12.5. The van der Waals surface area contributed by atoms with E-state index in [1.54, 1.807) is 0 Å². The van der Waals surface area contributed by atoms with E-state index >= 15 is 0 Å². The van der Waals surface area contributed by atoms with Gasteiger partial charge in [0.1, 0.15) is 0 Å². The second kappa shape index (κ2) is 5.16. The Labute approximate surface area is 102 Å². The minimum Gasteiger partial charge on any atom is -0.326 e. The molecule has 4 nitrogen and oxygen atoms in total. The van der Waals surface area contributed by atoms with Crippen molar-refractivity contribution in [2.75, 3.05) is 18.8 Å². The van der Waals surface area contributed by atoms with Crippen molar-refractivity contribution < 1.29 is 8.42 Å². The van der Waals surface area contributed by atoms with Gasteiger partial charge in [-0.25, -0.2) is 12.7 Å². The molecule has 0 aromatic heterocycles. The third-order valence-corrected chi connectivity index (χ3v) is 4.91. The fourth-order valence-corrected chi connectivity index (χ4v) is 3.58. The van der Waals surface area contributed by atoms with Gasteiger partial charge in [0.05, 0.1) is 5.75 Å². The van der Waals surface area contributed by atoms with Crippen LogP contribution >= 0.6 is 0 Å². The molecule has 1 saturated heterocycles. The third kappa shape index (κ3) is 3.28. The number of benzene rings is 1. The number of rotatable bonds is 4. The minimum absolute atomic E-state index is 0.00139. The molecule has 1 heterocycles. The quantitative estimate of drug-likeness (QED) is 0.855. The van der Waals surface area contributed by atoms with E-state index in [0.29, 0.717) is 19.5 Å². The normalized spacial score (nSPS) is 21.8. The first-order valence-electron chi connectivity index (χ1n) is 5.85. The highest BCUT2D eigenvalue weighted by Gasteiger charge is 2.28. The number of nitrogens with zero attached hydrogens (tertiary/aromatic N) is 1. The zero-order valence-corrected chi connectivity index (χ0v) is 10.6. The molecular weight excluding hydrogens is 236 g/mol. The molecule has 0 saturated carbocycles. The van der Waals surface area contributed by atoms with Crippen molar-refractivity contribution >= 4 is 10.0 Å². The lowest BCUT2D eigenvalue weighted by molar-refractivity contribution is 0.472. The maximum Gasteiger partial charge on any atom is 0.214 e. The zero-order chi connectivity index (χ0) is 12.3. The predicted octanol–water partition coefficient (Wildman–Crippen LogP) is 0.592. The van der Waals surface area contributed by atoms with Crippen molar-refractivity contribution in [3.8, 4) is 0 Å². The molecule has 17 heavy (non-hydrogen) atoms.